The minimum Gasteiger partial charge on any atom is -0.314 e. The zero-order chi connectivity index (χ0) is 14.0. The molecule has 1 aromatic carbocycles. The summed E-state index contributed by atoms with van der Waals surface area (Å²) in [4.78, 5) is 1.19. The van der Waals surface area contributed by atoms with Crippen LogP contribution in [0.5, 0.6) is 0 Å². The van der Waals surface area contributed by atoms with Crippen molar-refractivity contribution in [2.75, 3.05) is 26.2 Å². The molecular weight excluding hydrogens is 338 g/mol. The van der Waals surface area contributed by atoms with Crippen molar-refractivity contribution in [2.45, 2.75) is 12.2 Å². The molecule has 1 heterocycles. The van der Waals surface area contributed by atoms with Gasteiger partial charge in [0.1, 0.15) is 17.7 Å². The number of hydrogen-bond acceptors (Lipinski definition) is 2. The van der Waals surface area contributed by atoms with Gasteiger partial charge >= 0.3 is 6.18 Å². The van der Waals surface area contributed by atoms with Crippen LogP contribution in [0.1, 0.15) is 11.6 Å². The van der Waals surface area contributed by atoms with Gasteiger partial charge in [-0.05, 0) is 17.7 Å². The van der Waals surface area contributed by atoms with Gasteiger partial charge in [-0.2, -0.15) is 13.2 Å². The van der Waals surface area contributed by atoms with E-state index in [0.29, 0.717) is 19.2 Å². The van der Waals surface area contributed by atoms with Crippen LogP contribution < -0.4 is 5.32 Å². The monoisotopic (exact) mass is 352 g/mol. The van der Waals surface area contributed by atoms with Crippen molar-refractivity contribution in [3.8, 4) is 0 Å². The Morgan fingerprint density at radius 1 is 0.952 bits per heavy atom. The van der Waals surface area contributed by atoms with Crippen LogP contribution in [0.4, 0.5) is 22.0 Å². The van der Waals surface area contributed by atoms with Crippen molar-refractivity contribution in [3.05, 3.63) is 35.4 Å². The topological polar surface area (TPSA) is 15.3 Å². The maximum absolute atomic E-state index is 13.1. The van der Waals surface area contributed by atoms with E-state index in [1.807, 2.05) is 0 Å². The number of halogens is 7. The van der Waals surface area contributed by atoms with E-state index in [1.54, 1.807) is 0 Å². The van der Waals surface area contributed by atoms with Gasteiger partial charge in [0.15, 0.2) is 0 Å². The first-order chi connectivity index (χ1) is 8.88. The molecule has 0 unspecified atom stereocenters. The highest BCUT2D eigenvalue weighted by atomic mass is 35.5. The molecular formula is C12H15Cl2F5N2. The molecule has 0 amide bonds. The number of benzene rings is 1. The van der Waals surface area contributed by atoms with Gasteiger partial charge < -0.3 is 5.32 Å². The Balaban J connectivity index is 0.00000200. The molecule has 0 saturated carbocycles. The standard InChI is InChI=1S/C12H13F5N2.2ClH/c13-9-5-8(6-10(14)7-9)11(12(15,16)17)19-3-1-18-2-4-19;;/h5-7,11,18H,1-4H2;2*1H/t11-;;/m1../s1. The van der Waals surface area contributed by atoms with Gasteiger partial charge in [-0.15, -0.1) is 24.8 Å². The second-order valence-corrected chi connectivity index (χ2v) is 4.43. The summed E-state index contributed by atoms with van der Waals surface area (Å²) < 4.78 is 65.7. The first-order valence-electron chi connectivity index (χ1n) is 5.85. The SMILES string of the molecule is Cl.Cl.Fc1cc(F)cc([C@@H](N2CCNCC2)C(F)(F)F)c1. The van der Waals surface area contributed by atoms with Crippen LogP contribution in [0.3, 0.4) is 0 Å². The van der Waals surface area contributed by atoms with E-state index >= 15 is 0 Å². The normalized spacial score (nSPS) is 17.6. The van der Waals surface area contributed by atoms with E-state index in [-0.39, 0.29) is 37.9 Å². The molecule has 9 heteroatoms. The number of alkyl halides is 3. The Hall–Kier alpha value is -0.630. The lowest BCUT2D eigenvalue weighted by Gasteiger charge is -2.36. The number of nitrogens with zero attached hydrogens (tertiary/aromatic N) is 1. The Morgan fingerprint density at radius 3 is 1.86 bits per heavy atom. The van der Waals surface area contributed by atoms with Crippen molar-refractivity contribution >= 4 is 24.8 Å². The molecule has 2 rings (SSSR count). The van der Waals surface area contributed by atoms with Gasteiger partial charge in [0.05, 0.1) is 0 Å². The van der Waals surface area contributed by atoms with E-state index in [2.05, 4.69) is 5.32 Å². The third kappa shape index (κ3) is 5.25. The molecule has 1 fully saturated rings. The fourth-order valence-electron chi connectivity index (χ4n) is 2.28. The summed E-state index contributed by atoms with van der Waals surface area (Å²) in [7, 11) is 0. The summed E-state index contributed by atoms with van der Waals surface area (Å²) in [5.41, 5.74) is -0.396. The van der Waals surface area contributed by atoms with Crippen molar-refractivity contribution in [2.24, 2.45) is 0 Å². The fraction of sp³-hybridized carbons (Fsp3) is 0.500. The minimum atomic E-state index is -4.57. The maximum Gasteiger partial charge on any atom is 0.408 e. The van der Waals surface area contributed by atoms with Gasteiger partial charge in [-0.3, -0.25) is 4.90 Å². The van der Waals surface area contributed by atoms with Crippen LogP contribution in [-0.2, 0) is 0 Å². The van der Waals surface area contributed by atoms with Gasteiger partial charge in [-0.1, -0.05) is 0 Å². The van der Waals surface area contributed by atoms with E-state index in [9.17, 15) is 22.0 Å². The Bertz CT molecular complexity index is 430. The molecule has 1 atom stereocenters. The molecule has 122 valence electrons. The summed E-state index contributed by atoms with van der Waals surface area (Å²) in [6, 6.07) is 0.0705. The lowest BCUT2D eigenvalue weighted by Crippen LogP contribution is -2.49. The number of rotatable bonds is 2. The molecule has 0 aliphatic carbocycles. The van der Waals surface area contributed by atoms with Gasteiger partial charge in [0, 0.05) is 32.2 Å². The largest absolute Gasteiger partial charge is 0.408 e. The van der Waals surface area contributed by atoms with Crippen LogP contribution >= 0.6 is 24.8 Å². The molecule has 0 radical (unpaired) electrons. The van der Waals surface area contributed by atoms with Crippen LogP contribution in [0.15, 0.2) is 18.2 Å². The predicted octanol–water partition coefficient (Wildman–Crippen LogP) is 3.32. The fourth-order valence-corrected chi connectivity index (χ4v) is 2.28. The first-order valence-corrected chi connectivity index (χ1v) is 5.85. The van der Waals surface area contributed by atoms with Crippen LogP contribution in [0.2, 0.25) is 0 Å². The zero-order valence-electron chi connectivity index (χ0n) is 10.8. The lowest BCUT2D eigenvalue weighted by molar-refractivity contribution is -0.188. The second-order valence-electron chi connectivity index (χ2n) is 4.43. The number of hydrogen-bond donors (Lipinski definition) is 1. The number of nitrogens with one attached hydrogen (secondary N) is 1. The molecule has 1 N–H and O–H groups in total. The molecule has 0 spiro atoms. The van der Waals surface area contributed by atoms with Crippen molar-refractivity contribution in [1.82, 2.24) is 10.2 Å². The van der Waals surface area contributed by atoms with Crippen LogP contribution in [0, 0.1) is 11.6 Å². The van der Waals surface area contributed by atoms with Crippen molar-refractivity contribution in [3.63, 3.8) is 0 Å². The molecule has 21 heavy (non-hydrogen) atoms. The zero-order valence-corrected chi connectivity index (χ0v) is 12.4. The van der Waals surface area contributed by atoms with E-state index in [0.717, 1.165) is 12.1 Å². The Morgan fingerprint density at radius 2 is 1.43 bits per heavy atom. The molecule has 1 aliphatic rings. The summed E-state index contributed by atoms with van der Waals surface area (Å²) in [5.74, 6) is -2.00. The van der Waals surface area contributed by atoms with Crippen molar-refractivity contribution in [1.29, 1.82) is 0 Å². The van der Waals surface area contributed by atoms with E-state index in [1.165, 1.54) is 4.90 Å². The summed E-state index contributed by atoms with van der Waals surface area (Å²) in [5, 5.41) is 2.94. The van der Waals surface area contributed by atoms with Crippen molar-refractivity contribution < 1.29 is 22.0 Å². The molecule has 2 nitrogen and oxygen atoms in total. The van der Waals surface area contributed by atoms with Crippen LogP contribution in [0.25, 0.3) is 0 Å². The maximum atomic E-state index is 13.1. The highest BCUT2D eigenvalue weighted by molar-refractivity contribution is 5.85. The summed E-state index contributed by atoms with van der Waals surface area (Å²) >= 11 is 0. The molecule has 0 bridgehead atoms. The predicted molar refractivity (Wildman–Crippen MR) is 74.1 cm³/mol. The third-order valence-electron chi connectivity index (χ3n) is 3.03. The summed E-state index contributed by atoms with van der Waals surface area (Å²) in [6.45, 7) is 1.21. The third-order valence-corrected chi connectivity index (χ3v) is 3.03. The molecule has 0 aromatic heterocycles. The van der Waals surface area contributed by atoms with E-state index in [4.69, 9.17) is 0 Å². The van der Waals surface area contributed by atoms with E-state index < -0.39 is 29.4 Å². The van der Waals surface area contributed by atoms with Gasteiger partial charge in [0.25, 0.3) is 0 Å². The van der Waals surface area contributed by atoms with Gasteiger partial charge in [0.2, 0.25) is 0 Å². The lowest BCUT2D eigenvalue weighted by atomic mass is 10.0. The highest BCUT2D eigenvalue weighted by Gasteiger charge is 2.45. The minimum absolute atomic E-state index is 0. The smallest absolute Gasteiger partial charge is 0.314 e. The highest BCUT2D eigenvalue weighted by Crippen LogP contribution is 2.38. The second kappa shape index (κ2) is 8.12. The summed E-state index contributed by atoms with van der Waals surface area (Å²) in [6.07, 6.45) is -4.57. The molecule has 1 aliphatic heterocycles. The number of piperazine rings is 1. The Labute approximate surface area is 131 Å². The van der Waals surface area contributed by atoms with Crippen LogP contribution in [-0.4, -0.2) is 37.3 Å². The molecule has 1 aromatic rings. The quantitative estimate of drug-likeness (QED) is 0.821. The average molecular weight is 353 g/mol. The van der Waals surface area contributed by atoms with Gasteiger partial charge in [-0.25, -0.2) is 8.78 Å². The molecule has 1 saturated heterocycles. The average Bonchev–Trinajstić information content (AvgIpc) is 2.27. The Kier molecular flexibility index (Phi) is 7.88. The first kappa shape index (κ1) is 20.4.